The Morgan fingerprint density at radius 3 is 1.94 bits per heavy atom. The van der Waals surface area contributed by atoms with Gasteiger partial charge < -0.3 is 15.3 Å². The highest BCUT2D eigenvalue weighted by molar-refractivity contribution is 5.86. The summed E-state index contributed by atoms with van der Waals surface area (Å²) in [7, 11) is 3.43. The first-order valence-electron chi connectivity index (χ1n) is 12.6. The molecule has 0 spiro atoms. The van der Waals surface area contributed by atoms with Crippen LogP contribution in [-0.2, 0) is 19.8 Å². The van der Waals surface area contributed by atoms with E-state index in [2.05, 4.69) is 39.9 Å². The molecule has 200 valence electrons. The van der Waals surface area contributed by atoms with Crippen LogP contribution in [-0.4, -0.2) is 72.5 Å². The number of amides is 2. The molecule has 0 aliphatic heterocycles. The number of carboxylic acid groups (broad SMARTS) is 1. The van der Waals surface area contributed by atoms with Gasteiger partial charge in [-0.1, -0.05) is 85.7 Å². The highest BCUT2D eigenvalue weighted by atomic mass is 16.4. The molecule has 0 fully saturated rings. The molecule has 0 bridgehead atoms. The van der Waals surface area contributed by atoms with Crippen LogP contribution in [0.25, 0.3) is 0 Å². The molecule has 2 atom stereocenters. The first-order chi connectivity index (χ1) is 16.1. The summed E-state index contributed by atoms with van der Waals surface area (Å²) in [6, 6.07) is 9.78. The standard InChI is InChI=1S/C24H39N3O4.C4H10/c1-8-19(24(4,5)18-12-10-9-11-13-18)23(31)25-14-21(28)27(7)20(17(2)3)15-26(6)16-22(29)30;1-4(2)3/h9-13,17,19-20H,8,14-16H2,1-7H3,(H,25,31)(H,29,30);4H,1-3H3/t19-,20-;/m1./s1. The van der Waals surface area contributed by atoms with Crippen molar-refractivity contribution in [2.45, 2.75) is 73.3 Å². The summed E-state index contributed by atoms with van der Waals surface area (Å²) in [5.74, 6) is -0.528. The highest BCUT2D eigenvalue weighted by Crippen LogP contribution is 2.33. The molecular weight excluding hydrogens is 442 g/mol. The van der Waals surface area contributed by atoms with E-state index in [0.29, 0.717) is 13.0 Å². The van der Waals surface area contributed by atoms with Crippen LogP contribution >= 0.6 is 0 Å². The van der Waals surface area contributed by atoms with Crippen molar-refractivity contribution in [1.29, 1.82) is 0 Å². The Morgan fingerprint density at radius 2 is 1.51 bits per heavy atom. The van der Waals surface area contributed by atoms with Crippen molar-refractivity contribution in [3.05, 3.63) is 35.9 Å². The van der Waals surface area contributed by atoms with E-state index in [1.165, 1.54) is 0 Å². The first-order valence-corrected chi connectivity index (χ1v) is 12.6. The zero-order chi connectivity index (χ0) is 27.3. The van der Waals surface area contributed by atoms with Crippen molar-refractivity contribution in [3.8, 4) is 0 Å². The summed E-state index contributed by atoms with van der Waals surface area (Å²) in [6.45, 7) is 16.9. The van der Waals surface area contributed by atoms with Gasteiger partial charge in [0.1, 0.15) is 0 Å². The molecule has 0 aliphatic rings. The number of rotatable bonds is 12. The maximum absolute atomic E-state index is 13.0. The van der Waals surface area contributed by atoms with Crippen molar-refractivity contribution in [3.63, 3.8) is 0 Å². The first kappa shape index (κ1) is 32.6. The maximum atomic E-state index is 13.0. The van der Waals surface area contributed by atoms with Gasteiger partial charge in [0.2, 0.25) is 11.8 Å². The number of carboxylic acids is 1. The lowest BCUT2D eigenvalue weighted by Gasteiger charge is -2.35. The number of carbonyl (C=O) groups is 3. The number of benzene rings is 1. The zero-order valence-electron chi connectivity index (χ0n) is 23.6. The van der Waals surface area contributed by atoms with E-state index in [-0.39, 0.29) is 48.2 Å². The minimum Gasteiger partial charge on any atom is -0.480 e. The van der Waals surface area contributed by atoms with Crippen molar-refractivity contribution in [2.75, 3.05) is 33.7 Å². The van der Waals surface area contributed by atoms with Gasteiger partial charge in [0.25, 0.3) is 0 Å². The fraction of sp³-hybridized carbons (Fsp3) is 0.679. The number of hydrogen-bond acceptors (Lipinski definition) is 4. The second-order valence-corrected chi connectivity index (χ2v) is 10.9. The smallest absolute Gasteiger partial charge is 0.317 e. The summed E-state index contributed by atoms with van der Waals surface area (Å²) in [4.78, 5) is 40.0. The summed E-state index contributed by atoms with van der Waals surface area (Å²) >= 11 is 0. The van der Waals surface area contributed by atoms with E-state index < -0.39 is 5.97 Å². The molecular formula is C28H49N3O4. The van der Waals surface area contributed by atoms with Crippen LogP contribution in [0.2, 0.25) is 0 Å². The van der Waals surface area contributed by atoms with Crippen molar-refractivity contribution < 1.29 is 19.5 Å². The van der Waals surface area contributed by atoms with Gasteiger partial charge in [0.15, 0.2) is 0 Å². The van der Waals surface area contributed by atoms with Gasteiger partial charge in [-0.15, -0.1) is 0 Å². The van der Waals surface area contributed by atoms with Gasteiger partial charge in [-0.05, 0) is 30.9 Å². The normalized spacial score (nSPS) is 13.2. The Labute approximate surface area is 213 Å². The van der Waals surface area contributed by atoms with E-state index in [1.54, 1.807) is 23.9 Å². The predicted molar refractivity (Wildman–Crippen MR) is 143 cm³/mol. The Morgan fingerprint density at radius 1 is 1.00 bits per heavy atom. The van der Waals surface area contributed by atoms with Crippen molar-refractivity contribution >= 4 is 17.8 Å². The van der Waals surface area contributed by atoms with Crippen LogP contribution < -0.4 is 5.32 Å². The largest absolute Gasteiger partial charge is 0.480 e. The van der Waals surface area contributed by atoms with Crippen molar-refractivity contribution in [1.82, 2.24) is 15.1 Å². The lowest BCUT2D eigenvalue weighted by molar-refractivity contribution is -0.138. The monoisotopic (exact) mass is 491 g/mol. The summed E-state index contributed by atoms with van der Waals surface area (Å²) < 4.78 is 0. The van der Waals surface area contributed by atoms with E-state index in [4.69, 9.17) is 5.11 Å². The van der Waals surface area contributed by atoms with Gasteiger partial charge >= 0.3 is 5.97 Å². The van der Waals surface area contributed by atoms with Crippen LogP contribution in [0, 0.1) is 17.8 Å². The minimum absolute atomic E-state index is 0.0808. The van der Waals surface area contributed by atoms with Gasteiger partial charge in [0.05, 0.1) is 13.1 Å². The Balaban J connectivity index is 0.00000267. The quantitative estimate of drug-likeness (QED) is 0.456. The lowest BCUT2D eigenvalue weighted by Crippen LogP contribution is -2.51. The molecule has 0 unspecified atom stereocenters. The number of nitrogens with zero attached hydrogens (tertiary/aromatic N) is 2. The molecule has 0 radical (unpaired) electrons. The Hall–Kier alpha value is -2.41. The maximum Gasteiger partial charge on any atom is 0.317 e. The van der Waals surface area contributed by atoms with E-state index in [0.717, 1.165) is 11.5 Å². The summed E-state index contributed by atoms with van der Waals surface area (Å²) in [5.41, 5.74) is 0.719. The molecule has 0 saturated carbocycles. The molecule has 0 aliphatic carbocycles. The van der Waals surface area contributed by atoms with Gasteiger partial charge in [-0.3, -0.25) is 19.3 Å². The van der Waals surface area contributed by atoms with Crippen LogP contribution in [0.15, 0.2) is 30.3 Å². The second-order valence-electron chi connectivity index (χ2n) is 10.9. The van der Waals surface area contributed by atoms with E-state index in [9.17, 15) is 14.4 Å². The van der Waals surface area contributed by atoms with Crippen LogP contribution in [0.4, 0.5) is 0 Å². The molecule has 35 heavy (non-hydrogen) atoms. The molecule has 2 amide bonds. The highest BCUT2D eigenvalue weighted by Gasteiger charge is 2.35. The SMILES string of the molecule is CC(C)C.CC[C@H](C(=O)NCC(=O)N(C)[C@H](CN(C)CC(=O)O)C(C)C)C(C)(C)c1ccccc1. The number of carbonyl (C=O) groups excluding carboxylic acids is 2. The second kappa shape index (κ2) is 15.6. The summed E-state index contributed by atoms with van der Waals surface area (Å²) in [6.07, 6.45) is 0.659. The fourth-order valence-corrected chi connectivity index (χ4v) is 4.08. The number of hydrogen-bond donors (Lipinski definition) is 2. The third-order valence-corrected chi connectivity index (χ3v) is 6.09. The Bertz CT molecular complexity index is 775. The average Bonchev–Trinajstić information content (AvgIpc) is 2.75. The third-order valence-electron chi connectivity index (χ3n) is 6.09. The number of aliphatic carboxylic acids is 1. The average molecular weight is 492 g/mol. The van der Waals surface area contributed by atoms with Crippen molar-refractivity contribution in [2.24, 2.45) is 17.8 Å². The van der Waals surface area contributed by atoms with Crippen LogP contribution in [0.5, 0.6) is 0 Å². The molecule has 7 heteroatoms. The molecule has 1 aromatic rings. The Kier molecular flexibility index (Phi) is 14.5. The zero-order valence-corrected chi connectivity index (χ0v) is 23.6. The predicted octanol–water partition coefficient (Wildman–Crippen LogP) is 4.27. The van der Waals surface area contributed by atoms with Crippen LogP contribution in [0.1, 0.15) is 67.4 Å². The van der Waals surface area contributed by atoms with Crippen LogP contribution in [0.3, 0.4) is 0 Å². The fourth-order valence-electron chi connectivity index (χ4n) is 4.08. The van der Waals surface area contributed by atoms with Gasteiger partial charge in [-0.2, -0.15) is 0 Å². The van der Waals surface area contributed by atoms with E-state index >= 15 is 0 Å². The molecule has 0 heterocycles. The summed E-state index contributed by atoms with van der Waals surface area (Å²) in [5, 5.41) is 11.8. The van der Waals surface area contributed by atoms with Gasteiger partial charge in [-0.25, -0.2) is 0 Å². The molecule has 2 N–H and O–H groups in total. The number of nitrogens with one attached hydrogen (secondary N) is 1. The molecule has 1 rings (SSSR count). The molecule has 1 aromatic carbocycles. The molecule has 7 nitrogen and oxygen atoms in total. The topological polar surface area (TPSA) is 90.0 Å². The van der Waals surface area contributed by atoms with Gasteiger partial charge in [0, 0.05) is 31.0 Å². The lowest BCUT2D eigenvalue weighted by atomic mass is 9.71. The van der Waals surface area contributed by atoms with E-state index in [1.807, 2.05) is 51.1 Å². The molecule has 0 saturated heterocycles. The number of likely N-dealkylation sites (N-methyl/N-ethyl adjacent to an activating group) is 2. The third kappa shape index (κ3) is 11.7. The molecule has 0 aromatic heterocycles. The minimum atomic E-state index is -0.905.